The molecule has 0 atom stereocenters. The van der Waals surface area contributed by atoms with E-state index in [4.69, 9.17) is 5.73 Å². The summed E-state index contributed by atoms with van der Waals surface area (Å²) in [6.07, 6.45) is 0. The van der Waals surface area contributed by atoms with Gasteiger partial charge in [-0.1, -0.05) is 18.2 Å². The van der Waals surface area contributed by atoms with Crippen molar-refractivity contribution in [1.29, 1.82) is 0 Å². The Hall–Kier alpha value is -1.75. The maximum Gasteiger partial charge on any atom is 0.249 e. The summed E-state index contributed by atoms with van der Waals surface area (Å²) in [6, 6.07) is 7.13. The van der Waals surface area contributed by atoms with Gasteiger partial charge in [-0.2, -0.15) is 4.37 Å². The van der Waals surface area contributed by atoms with Gasteiger partial charge in [-0.25, -0.2) is 4.98 Å². The molecule has 2 aromatic rings. The van der Waals surface area contributed by atoms with Gasteiger partial charge in [0.25, 0.3) is 0 Å². The number of benzene rings is 1. The zero-order valence-corrected chi connectivity index (χ0v) is 8.91. The Bertz CT molecular complexity index is 507. The molecule has 1 amide bonds. The zero-order valence-electron chi connectivity index (χ0n) is 8.10. The molecular formula is C10H9N3OS. The number of carbonyl (C=O) groups is 1. The molecule has 0 saturated heterocycles. The van der Waals surface area contributed by atoms with Gasteiger partial charge < -0.3 is 5.73 Å². The first kappa shape index (κ1) is 9.79. The second kappa shape index (κ2) is 3.78. The van der Waals surface area contributed by atoms with Crippen molar-refractivity contribution in [2.24, 2.45) is 5.73 Å². The maximum atomic E-state index is 11.2. The lowest BCUT2D eigenvalue weighted by atomic mass is 10.1. The normalized spacial score (nSPS) is 10.2. The Kier molecular flexibility index (Phi) is 2.47. The lowest BCUT2D eigenvalue weighted by Gasteiger charge is -2.01. The van der Waals surface area contributed by atoms with Crippen molar-refractivity contribution < 1.29 is 4.79 Å². The minimum Gasteiger partial charge on any atom is -0.366 e. The summed E-state index contributed by atoms with van der Waals surface area (Å²) < 4.78 is 4.07. The fourth-order valence-corrected chi connectivity index (χ4v) is 2.00. The van der Waals surface area contributed by atoms with Crippen LogP contribution in [0.25, 0.3) is 10.6 Å². The molecule has 0 saturated carbocycles. The number of rotatable bonds is 2. The summed E-state index contributed by atoms with van der Waals surface area (Å²) in [5.41, 5.74) is 6.50. The van der Waals surface area contributed by atoms with Gasteiger partial charge >= 0.3 is 0 Å². The van der Waals surface area contributed by atoms with E-state index in [1.54, 1.807) is 12.1 Å². The lowest BCUT2D eigenvalue weighted by Crippen LogP contribution is -2.12. The Morgan fingerprint density at radius 3 is 2.73 bits per heavy atom. The number of primary amides is 1. The summed E-state index contributed by atoms with van der Waals surface area (Å²) in [7, 11) is 0. The van der Waals surface area contributed by atoms with E-state index in [2.05, 4.69) is 9.36 Å². The fourth-order valence-electron chi connectivity index (χ4n) is 1.29. The van der Waals surface area contributed by atoms with E-state index < -0.39 is 5.91 Å². The Morgan fingerprint density at radius 1 is 1.40 bits per heavy atom. The highest BCUT2D eigenvalue weighted by Gasteiger charge is 2.12. The molecule has 0 fully saturated rings. The van der Waals surface area contributed by atoms with Crippen LogP contribution in [0.4, 0.5) is 0 Å². The number of aryl methyl sites for hydroxylation is 1. The van der Waals surface area contributed by atoms with Gasteiger partial charge in [-0.15, -0.1) is 0 Å². The van der Waals surface area contributed by atoms with E-state index in [1.807, 2.05) is 19.1 Å². The van der Waals surface area contributed by atoms with Crippen molar-refractivity contribution in [2.45, 2.75) is 6.92 Å². The molecule has 1 aromatic carbocycles. The topological polar surface area (TPSA) is 68.9 Å². The molecule has 15 heavy (non-hydrogen) atoms. The summed E-state index contributed by atoms with van der Waals surface area (Å²) >= 11 is 1.27. The first-order valence-corrected chi connectivity index (χ1v) is 5.15. The number of aromatic nitrogens is 2. The molecule has 1 aromatic heterocycles. The molecule has 0 radical (unpaired) electrons. The molecule has 5 heteroatoms. The molecule has 0 aliphatic carbocycles. The Balaban J connectivity index is 2.57. The minimum absolute atomic E-state index is 0.446. The lowest BCUT2D eigenvalue weighted by molar-refractivity contribution is 0.100. The van der Waals surface area contributed by atoms with Crippen LogP contribution in [0, 0.1) is 6.92 Å². The third kappa shape index (κ3) is 1.87. The highest BCUT2D eigenvalue weighted by Crippen LogP contribution is 2.24. The SMILES string of the molecule is Cc1nsc(-c2ccccc2C(N)=O)n1. The van der Waals surface area contributed by atoms with Gasteiger partial charge in [0.15, 0.2) is 0 Å². The third-order valence-electron chi connectivity index (χ3n) is 1.95. The average molecular weight is 219 g/mol. The van der Waals surface area contributed by atoms with Crippen LogP contribution < -0.4 is 5.73 Å². The maximum absolute atomic E-state index is 11.2. The van der Waals surface area contributed by atoms with Gasteiger partial charge in [0.05, 0.1) is 0 Å². The van der Waals surface area contributed by atoms with E-state index >= 15 is 0 Å². The minimum atomic E-state index is -0.446. The van der Waals surface area contributed by atoms with Gasteiger partial charge in [-0.05, 0) is 24.5 Å². The van der Waals surface area contributed by atoms with E-state index in [0.29, 0.717) is 11.4 Å². The van der Waals surface area contributed by atoms with E-state index in [1.165, 1.54) is 11.5 Å². The first-order chi connectivity index (χ1) is 7.18. The second-order valence-electron chi connectivity index (χ2n) is 3.06. The number of nitrogens with zero attached hydrogens (tertiary/aromatic N) is 2. The highest BCUT2D eigenvalue weighted by atomic mass is 32.1. The average Bonchev–Trinajstić information content (AvgIpc) is 2.65. The molecule has 0 bridgehead atoms. The molecule has 4 nitrogen and oxygen atoms in total. The first-order valence-electron chi connectivity index (χ1n) is 4.38. The predicted molar refractivity (Wildman–Crippen MR) is 58.6 cm³/mol. The van der Waals surface area contributed by atoms with Crippen LogP contribution in [-0.4, -0.2) is 15.3 Å². The number of nitrogens with two attached hydrogens (primary N) is 1. The Morgan fingerprint density at radius 2 is 2.13 bits per heavy atom. The fraction of sp³-hybridized carbons (Fsp3) is 0.100. The molecule has 76 valence electrons. The van der Waals surface area contributed by atoms with Crippen molar-refractivity contribution in [3.8, 4) is 10.6 Å². The van der Waals surface area contributed by atoms with Crippen molar-refractivity contribution >= 4 is 17.4 Å². The van der Waals surface area contributed by atoms with E-state index in [0.717, 1.165) is 10.6 Å². The van der Waals surface area contributed by atoms with Crippen LogP contribution in [-0.2, 0) is 0 Å². The van der Waals surface area contributed by atoms with Crippen molar-refractivity contribution in [3.05, 3.63) is 35.7 Å². The smallest absolute Gasteiger partial charge is 0.249 e. The largest absolute Gasteiger partial charge is 0.366 e. The van der Waals surface area contributed by atoms with Crippen LogP contribution in [0.3, 0.4) is 0 Å². The summed E-state index contributed by atoms with van der Waals surface area (Å²) in [4.78, 5) is 15.4. The zero-order chi connectivity index (χ0) is 10.8. The predicted octanol–water partition coefficient (Wildman–Crippen LogP) is 1.61. The van der Waals surface area contributed by atoms with Gasteiger partial charge in [0.1, 0.15) is 10.8 Å². The van der Waals surface area contributed by atoms with Crippen molar-refractivity contribution in [3.63, 3.8) is 0 Å². The number of amides is 1. The standard InChI is InChI=1S/C10H9N3OS/c1-6-12-10(15-13-6)8-5-3-2-4-7(8)9(11)14/h2-5H,1H3,(H2,11,14). The van der Waals surface area contributed by atoms with Gasteiger partial charge in [-0.3, -0.25) is 4.79 Å². The highest BCUT2D eigenvalue weighted by molar-refractivity contribution is 7.09. The number of hydrogen-bond acceptors (Lipinski definition) is 4. The molecule has 2 N–H and O–H groups in total. The second-order valence-corrected chi connectivity index (χ2v) is 3.81. The van der Waals surface area contributed by atoms with Crippen LogP contribution in [0.2, 0.25) is 0 Å². The van der Waals surface area contributed by atoms with Gasteiger partial charge in [0.2, 0.25) is 5.91 Å². The molecule has 1 heterocycles. The molecule has 0 aliphatic rings. The molecule has 0 unspecified atom stereocenters. The molecule has 0 spiro atoms. The van der Waals surface area contributed by atoms with Crippen LogP contribution in [0.5, 0.6) is 0 Å². The van der Waals surface area contributed by atoms with Crippen LogP contribution in [0.1, 0.15) is 16.2 Å². The van der Waals surface area contributed by atoms with Gasteiger partial charge in [0, 0.05) is 11.1 Å². The molecular weight excluding hydrogens is 210 g/mol. The van der Waals surface area contributed by atoms with E-state index in [9.17, 15) is 4.79 Å². The van der Waals surface area contributed by atoms with E-state index in [-0.39, 0.29) is 0 Å². The summed E-state index contributed by atoms with van der Waals surface area (Å²) in [5, 5.41) is 0.724. The van der Waals surface area contributed by atoms with Crippen molar-refractivity contribution in [2.75, 3.05) is 0 Å². The number of carbonyl (C=O) groups excluding carboxylic acids is 1. The summed E-state index contributed by atoms with van der Waals surface area (Å²) in [6.45, 7) is 1.81. The third-order valence-corrected chi connectivity index (χ3v) is 2.79. The quantitative estimate of drug-likeness (QED) is 0.834. The Labute approximate surface area is 90.9 Å². The van der Waals surface area contributed by atoms with Crippen LogP contribution in [0.15, 0.2) is 24.3 Å². The van der Waals surface area contributed by atoms with Crippen molar-refractivity contribution in [1.82, 2.24) is 9.36 Å². The number of hydrogen-bond donors (Lipinski definition) is 1. The summed E-state index contributed by atoms with van der Waals surface area (Å²) in [5.74, 6) is 0.257. The monoisotopic (exact) mass is 219 g/mol. The molecule has 2 rings (SSSR count). The molecule has 0 aliphatic heterocycles. The van der Waals surface area contributed by atoms with Crippen LogP contribution >= 0.6 is 11.5 Å².